The molecular formula is C23H27N3O5S. The highest BCUT2D eigenvalue weighted by molar-refractivity contribution is 8.00. The number of unbranched alkanes of at least 4 members (excludes halogenated alkanes) is 2. The molecule has 0 spiro atoms. The molecule has 1 saturated heterocycles. The van der Waals surface area contributed by atoms with E-state index < -0.39 is 5.91 Å². The topological polar surface area (TPSA) is 108 Å². The molecule has 1 heterocycles. The highest BCUT2D eigenvalue weighted by Gasteiger charge is 2.35. The fraction of sp³-hybridized carbons (Fsp3) is 0.348. The molecule has 3 amide bonds. The quantitative estimate of drug-likeness (QED) is 0.287. The van der Waals surface area contributed by atoms with Crippen LogP contribution >= 0.6 is 11.8 Å². The summed E-state index contributed by atoms with van der Waals surface area (Å²) in [6, 6.07) is 14.7. The lowest BCUT2D eigenvalue weighted by molar-refractivity contribution is -0.129. The summed E-state index contributed by atoms with van der Waals surface area (Å²) < 4.78 is 5.44. The van der Waals surface area contributed by atoms with E-state index in [0.717, 1.165) is 18.4 Å². The Hall–Kier alpha value is -3.04. The Morgan fingerprint density at radius 2 is 1.97 bits per heavy atom. The zero-order chi connectivity index (χ0) is 22.9. The minimum absolute atomic E-state index is 0.00534. The first-order valence-corrected chi connectivity index (χ1v) is 11.5. The lowest BCUT2D eigenvalue weighted by Crippen LogP contribution is -2.28. The molecule has 3 rings (SSSR count). The number of nitrogens with zero attached hydrogens (tertiary/aromatic N) is 1. The second-order valence-electron chi connectivity index (χ2n) is 7.33. The summed E-state index contributed by atoms with van der Waals surface area (Å²) in [5, 5.41) is 11.1. The van der Waals surface area contributed by atoms with Gasteiger partial charge in [-0.05, 0) is 42.7 Å². The maximum Gasteiger partial charge on any atom is 0.251 e. The molecule has 1 unspecified atom stereocenters. The summed E-state index contributed by atoms with van der Waals surface area (Å²) in [6.45, 7) is 0.494. The number of hydroxylamine groups is 1. The molecule has 1 fully saturated rings. The van der Waals surface area contributed by atoms with Gasteiger partial charge in [0.2, 0.25) is 11.8 Å². The van der Waals surface area contributed by atoms with Crippen LogP contribution < -0.4 is 20.4 Å². The molecule has 1 aliphatic rings. The number of benzene rings is 2. The number of methoxy groups -OCH3 is 1. The Bertz CT molecular complexity index is 968. The van der Waals surface area contributed by atoms with Crippen LogP contribution in [0.15, 0.2) is 48.5 Å². The van der Waals surface area contributed by atoms with Crippen molar-refractivity contribution in [2.45, 2.75) is 31.1 Å². The SMILES string of the molecule is COc1ccccc1N1C(=O)CSC1c1cccc(C(=O)NCCCCCC(=O)NO)c1. The molecule has 1 aliphatic heterocycles. The maximum absolute atomic E-state index is 12.7. The molecule has 0 aromatic heterocycles. The molecule has 2 aromatic carbocycles. The third kappa shape index (κ3) is 5.80. The average Bonchev–Trinajstić information content (AvgIpc) is 3.22. The van der Waals surface area contributed by atoms with Crippen LogP contribution in [0.5, 0.6) is 5.75 Å². The van der Waals surface area contributed by atoms with Gasteiger partial charge in [0.15, 0.2) is 0 Å². The summed E-state index contributed by atoms with van der Waals surface area (Å²) in [4.78, 5) is 38.0. The number of hydrogen-bond acceptors (Lipinski definition) is 6. The summed E-state index contributed by atoms with van der Waals surface area (Å²) in [6.07, 6.45) is 2.40. The molecule has 0 saturated carbocycles. The fourth-order valence-corrected chi connectivity index (χ4v) is 4.70. The Labute approximate surface area is 191 Å². The second kappa shape index (κ2) is 11.5. The number of amides is 3. The van der Waals surface area contributed by atoms with Gasteiger partial charge in [-0.25, -0.2) is 5.48 Å². The number of ether oxygens (including phenoxy) is 1. The van der Waals surface area contributed by atoms with E-state index in [1.54, 1.807) is 23.6 Å². The molecule has 9 heteroatoms. The molecule has 32 heavy (non-hydrogen) atoms. The molecule has 8 nitrogen and oxygen atoms in total. The van der Waals surface area contributed by atoms with E-state index in [-0.39, 0.29) is 23.6 Å². The third-order valence-electron chi connectivity index (χ3n) is 5.14. The highest BCUT2D eigenvalue weighted by Crippen LogP contribution is 2.44. The van der Waals surface area contributed by atoms with Gasteiger partial charge in [-0.2, -0.15) is 0 Å². The number of para-hydroxylation sites is 2. The zero-order valence-corrected chi connectivity index (χ0v) is 18.7. The largest absolute Gasteiger partial charge is 0.495 e. The van der Waals surface area contributed by atoms with Crippen molar-refractivity contribution in [3.8, 4) is 5.75 Å². The number of rotatable bonds is 10. The predicted molar refractivity (Wildman–Crippen MR) is 123 cm³/mol. The van der Waals surface area contributed by atoms with Gasteiger partial charge in [0.1, 0.15) is 11.1 Å². The predicted octanol–water partition coefficient (Wildman–Crippen LogP) is 3.27. The molecule has 0 bridgehead atoms. The van der Waals surface area contributed by atoms with Crippen LogP contribution in [0.2, 0.25) is 0 Å². The van der Waals surface area contributed by atoms with Crippen molar-refractivity contribution in [1.29, 1.82) is 0 Å². The van der Waals surface area contributed by atoms with E-state index in [4.69, 9.17) is 9.94 Å². The van der Waals surface area contributed by atoms with Crippen molar-refractivity contribution in [3.63, 3.8) is 0 Å². The molecule has 1 atom stereocenters. The smallest absolute Gasteiger partial charge is 0.251 e. The van der Waals surface area contributed by atoms with Gasteiger partial charge in [0, 0.05) is 18.5 Å². The van der Waals surface area contributed by atoms with E-state index in [1.165, 1.54) is 11.8 Å². The van der Waals surface area contributed by atoms with Crippen LogP contribution in [0.25, 0.3) is 0 Å². The van der Waals surface area contributed by atoms with Crippen molar-refractivity contribution in [2.24, 2.45) is 0 Å². The Morgan fingerprint density at radius 3 is 2.75 bits per heavy atom. The van der Waals surface area contributed by atoms with E-state index in [0.29, 0.717) is 35.7 Å². The zero-order valence-electron chi connectivity index (χ0n) is 17.9. The summed E-state index contributed by atoms with van der Waals surface area (Å²) in [5.74, 6) is 0.385. The lowest BCUT2D eigenvalue weighted by Gasteiger charge is -2.26. The molecule has 3 N–H and O–H groups in total. The first kappa shape index (κ1) is 23.6. The Balaban J connectivity index is 1.64. The molecule has 0 aliphatic carbocycles. The number of hydrogen-bond donors (Lipinski definition) is 3. The van der Waals surface area contributed by atoms with Crippen molar-refractivity contribution in [3.05, 3.63) is 59.7 Å². The third-order valence-corrected chi connectivity index (χ3v) is 6.35. The van der Waals surface area contributed by atoms with Crippen LogP contribution in [0.4, 0.5) is 5.69 Å². The van der Waals surface area contributed by atoms with Gasteiger partial charge in [-0.3, -0.25) is 24.5 Å². The number of carbonyl (C=O) groups excluding carboxylic acids is 3. The number of anilines is 1. The van der Waals surface area contributed by atoms with Crippen molar-refractivity contribution < 1.29 is 24.3 Å². The summed E-state index contributed by atoms with van der Waals surface area (Å²) in [7, 11) is 1.58. The van der Waals surface area contributed by atoms with Crippen molar-refractivity contribution in [1.82, 2.24) is 10.8 Å². The normalized spacial score (nSPS) is 15.5. The monoisotopic (exact) mass is 457 g/mol. The first-order valence-electron chi connectivity index (χ1n) is 10.4. The summed E-state index contributed by atoms with van der Waals surface area (Å²) in [5.41, 5.74) is 3.71. The van der Waals surface area contributed by atoms with E-state index >= 15 is 0 Å². The first-order chi connectivity index (χ1) is 15.5. The van der Waals surface area contributed by atoms with Crippen LogP contribution in [0.1, 0.15) is 47.0 Å². The van der Waals surface area contributed by atoms with E-state index in [9.17, 15) is 14.4 Å². The van der Waals surface area contributed by atoms with E-state index in [2.05, 4.69) is 5.32 Å². The highest BCUT2D eigenvalue weighted by atomic mass is 32.2. The molecule has 170 valence electrons. The average molecular weight is 458 g/mol. The Morgan fingerprint density at radius 1 is 1.16 bits per heavy atom. The van der Waals surface area contributed by atoms with Crippen molar-refractivity contribution >= 4 is 35.2 Å². The second-order valence-corrected chi connectivity index (χ2v) is 8.39. The maximum atomic E-state index is 12.7. The number of nitrogens with one attached hydrogen (secondary N) is 2. The molecule has 2 aromatic rings. The minimum Gasteiger partial charge on any atom is -0.495 e. The van der Waals surface area contributed by atoms with Crippen LogP contribution in [-0.2, 0) is 9.59 Å². The van der Waals surface area contributed by atoms with Crippen LogP contribution in [0, 0.1) is 0 Å². The Kier molecular flexibility index (Phi) is 8.52. The minimum atomic E-state index is -0.406. The van der Waals surface area contributed by atoms with Gasteiger partial charge in [-0.1, -0.05) is 30.7 Å². The van der Waals surface area contributed by atoms with Gasteiger partial charge >= 0.3 is 0 Å². The van der Waals surface area contributed by atoms with Crippen LogP contribution in [0.3, 0.4) is 0 Å². The standard InChI is InChI=1S/C23H27N3O5S/c1-31-19-11-5-4-10-18(19)26-21(28)15-32-23(26)17-9-7-8-16(14-17)22(29)24-13-6-2-3-12-20(27)25-30/h4-5,7-11,14,23,30H,2-3,6,12-13,15H2,1H3,(H,24,29)(H,25,27). The van der Waals surface area contributed by atoms with E-state index in [1.807, 2.05) is 42.5 Å². The van der Waals surface area contributed by atoms with Gasteiger partial charge in [-0.15, -0.1) is 11.8 Å². The van der Waals surface area contributed by atoms with Gasteiger partial charge in [0.25, 0.3) is 5.91 Å². The number of carbonyl (C=O) groups is 3. The molecule has 0 radical (unpaired) electrons. The van der Waals surface area contributed by atoms with Crippen molar-refractivity contribution in [2.75, 3.05) is 24.3 Å². The van der Waals surface area contributed by atoms with Gasteiger partial charge in [0.05, 0.1) is 18.6 Å². The number of thioether (sulfide) groups is 1. The fourth-order valence-electron chi connectivity index (χ4n) is 3.54. The summed E-state index contributed by atoms with van der Waals surface area (Å²) >= 11 is 1.52. The molecular weight excluding hydrogens is 430 g/mol. The van der Waals surface area contributed by atoms with Crippen LogP contribution in [-0.4, -0.2) is 42.3 Å². The lowest BCUT2D eigenvalue weighted by atomic mass is 10.1. The van der Waals surface area contributed by atoms with Gasteiger partial charge < -0.3 is 10.1 Å².